The highest BCUT2D eigenvalue weighted by atomic mass is 127. The monoisotopic (exact) mass is 439 g/mol. The van der Waals surface area contributed by atoms with Crippen LogP contribution in [0.2, 0.25) is 0 Å². The number of thioether (sulfide) groups is 1. The molecule has 0 bridgehead atoms. The fourth-order valence-corrected chi connectivity index (χ4v) is 2.61. The van der Waals surface area contributed by atoms with Crippen LogP contribution < -0.4 is 11.1 Å². The summed E-state index contributed by atoms with van der Waals surface area (Å²) in [6.07, 6.45) is 6.81. The number of nitrogens with zero attached hydrogens (tertiary/aromatic N) is 1. The Morgan fingerprint density at radius 2 is 2.05 bits per heavy atom. The fourth-order valence-electron chi connectivity index (χ4n) is 2.03. The van der Waals surface area contributed by atoms with E-state index < -0.39 is 0 Å². The van der Waals surface area contributed by atoms with Crippen molar-refractivity contribution >= 4 is 41.7 Å². The van der Waals surface area contributed by atoms with E-state index in [0.29, 0.717) is 12.5 Å². The van der Waals surface area contributed by atoms with Crippen molar-refractivity contribution < 1.29 is 4.39 Å². The Morgan fingerprint density at radius 1 is 1.27 bits per heavy atom. The lowest BCUT2D eigenvalue weighted by Gasteiger charge is -2.08. The van der Waals surface area contributed by atoms with Crippen LogP contribution in [0, 0.1) is 5.82 Å². The predicted octanol–water partition coefficient (Wildman–Crippen LogP) is 4.29. The SMILES string of the molecule is CCCCCCNC(N)=NCc1ccc(F)cc1CSC.I. The molecule has 0 radical (unpaired) electrons. The summed E-state index contributed by atoms with van der Waals surface area (Å²) >= 11 is 1.67. The summed E-state index contributed by atoms with van der Waals surface area (Å²) in [4.78, 5) is 4.34. The first-order chi connectivity index (χ1) is 10.2. The molecular formula is C16H27FIN3S. The minimum absolute atomic E-state index is 0. The summed E-state index contributed by atoms with van der Waals surface area (Å²) in [7, 11) is 0. The van der Waals surface area contributed by atoms with E-state index in [1.807, 2.05) is 6.26 Å². The van der Waals surface area contributed by atoms with Gasteiger partial charge in [-0.3, -0.25) is 0 Å². The molecule has 1 aromatic rings. The van der Waals surface area contributed by atoms with Crippen LogP contribution in [0.1, 0.15) is 43.7 Å². The first-order valence-corrected chi connectivity index (χ1v) is 8.86. The number of unbranched alkanes of at least 4 members (excludes halogenated alkanes) is 3. The van der Waals surface area contributed by atoms with Gasteiger partial charge in [-0.25, -0.2) is 9.38 Å². The molecule has 3 N–H and O–H groups in total. The number of rotatable bonds is 9. The second kappa shape index (κ2) is 13.0. The van der Waals surface area contributed by atoms with Gasteiger partial charge in [0.05, 0.1) is 6.54 Å². The summed E-state index contributed by atoms with van der Waals surface area (Å²) in [6.45, 7) is 3.54. The van der Waals surface area contributed by atoms with E-state index in [0.717, 1.165) is 29.8 Å². The molecular weight excluding hydrogens is 412 g/mol. The molecule has 0 fully saturated rings. The minimum Gasteiger partial charge on any atom is -0.370 e. The first kappa shape index (κ1) is 21.5. The number of hydrogen-bond acceptors (Lipinski definition) is 2. The second-order valence-electron chi connectivity index (χ2n) is 5.03. The lowest BCUT2D eigenvalue weighted by atomic mass is 10.1. The number of nitrogens with two attached hydrogens (primary N) is 1. The highest BCUT2D eigenvalue weighted by Gasteiger charge is 2.03. The maximum absolute atomic E-state index is 13.3. The van der Waals surface area contributed by atoms with Gasteiger partial charge in [-0.1, -0.05) is 32.3 Å². The number of halogens is 2. The average molecular weight is 439 g/mol. The standard InChI is InChI=1S/C16H26FN3S.HI/c1-3-4-5-6-9-19-16(18)20-11-13-7-8-15(17)10-14(13)12-21-2;/h7-8,10H,3-6,9,11-12H2,1-2H3,(H3,18,19,20);1H. The van der Waals surface area contributed by atoms with Gasteiger partial charge in [0.25, 0.3) is 0 Å². The predicted molar refractivity (Wildman–Crippen MR) is 107 cm³/mol. The highest BCUT2D eigenvalue weighted by molar-refractivity contribution is 14.0. The molecule has 0 spiro atoms. The Morgan fingerprint density at radius 3 is 2.73 bits per heavy atom. The van der Waals surface area contributed by atoms with E-state index in [-0.39, 0.29) is 29.8 Å². The van der Waals surface area contributed by atoms with Crippen LogP contribution >= 0.6 is 35.7 Å². The van der Waals surface area contributed by atoms with E-state index in [1.165, 1.54) is 25.3 Å². The molecule has 6 heteroatoms. The Labute approximate surface area is 154 Å². The second-order valence-corrected chi connectivity index (χ2v) is 5.90. The number of nitrogens with one attached hydrogen (secondary N) is 1. The Kier molecular flexibility index (Phi) is 12.7. The lowest BCUT2D eigenvalue weighted by molar-refractivity contribution is 0.625. The van der Waals surface area contributed by atoms with Crippen molar-refractivity contribution in [1.29, 1.82) is 0 Å². The van der Waals surface area contributed by atoms with Gasteiger partial charge in [0.1, 0.15) is 5.82 Å². The third kappa shape index (κ3) is 8.82. The van der Waals surface area contributed by atoms with Crippen molar-refractivity contribution in [2.45, 2.75) is 44.9 Å². The summed E-state index contributed by atoms with van der Waals surface area (Å²) in [5.74, 6) is 1.05. The van der Waals surface area contributed by atoms with E-state index >= 15 is 0 Å². The Hall–Kier alpha value is -0.500. The smallest absolute Gasteiger partial charge is 0.188 e. The summed E-state index contributed by atoms with van der Waals surface area (Å²) in [6, 6.07) is 4.84. The van der Waals surface area contributed by atoms with Crippen LogP contribution in [-0.4, -0.2) is 18.8 Å². The molecule has 0 saturated carbocycles. The first-order valence-electron chi connectivity index (χ1n) is 7.47. The van der Waals surface area contributed by atoms with E-state index in [9.17, 15) is 4.39 Å². The normalized spacial score (nSPS) is 11.1. The minimum atomic E-state index is -0.200. The number of guanidine groups is 1. The lowest BCUT2D eigenvalue weighted by Crippen LogP contribution is -2.32. The number of hydrogen-bond donors (Lipinski definition) is 2. The van der Waals surface area contributed by atoms with Crippen molar-refractivity contribution in [2.24, 2.45) is 10.7 Å². The van der Waals surface area contributed by atoms with Crippen molar-refractivity contribution in [3.63, 3.8) is 0 Å². The molecule has 0 saturated heterocycles. The van der Waals surface area contributed by atoms with Crippen LogP contribution in [0.3, 0.4) is 0 Å². The van der Waals surface area contributed by atoms with Gasteiger partial charge in [-0.15, -0.1) is 24.0 Å². The number of aliphatic imine (C=N–C) groups is 1. The molecule has 1 rings (SSSR count). The van der Waals surface area contributed by atoms with Gasteiger partial charge in [0.2, 0.25) is 0 Å². The molecule has 1 aromatic carbocycles. The molecule has 0 aromatic heterocycles. The molecule has 0 aliphatic rings. The van der Waals surface area contributed by atoms with E-state index in [4.69, 9.17) is 5.73 Å². The van der Waals surface area contributed by atoms with Crippen LogP contribution in [0.5, 0.6) is 0 Å². The molecule has 126 valence electrons. The van der Waals surface area contributed by atoms with Crippen molar-refractivity contribution in [2.75, 3.05) is 12.8 Å². The molecule has 0 aliphatic carbocycles. The average Bonchev–Trinajstić information content (AvgIpc) is 2.46. The summed E-state index contributed by atoms with van der Waals surface area (Å²) < 4.78 is 13.3. The zero-order chi connectivity index (χ0) is 15.5. The topological polar surface area (TPSA) is 50.4 Å². The van der Waals surface area contributed by atoms with Gasteiger partial charge in [-0.2, -0.15) is 11.8 Å². The van der Waals surface area contributed by atoms with Gasteiger partial charge in [0.15, 0.2) is 5.96 Å². The van der Waals surface area contributed by atoms with E-state index in [1.54, 1.807) is 23.9 Å². The fraction of sp³-hybridized carbons (Fsp3) is 0.562. The van der Waals surface area contributed by atoms with Crippen LogP contribution in [-0.2, 0) is 12.3 Å². The Balaban J connectivity index is 0.00000441. The number of benzene rings is 1. The van der Waals surface area contributed by atoms with E-state index in [2.05, 4.69) is 17.2 Å². The molecule has 0 atom stereocenters. The summed E-state index contributed by atoms with van der Waals surface area (Å²) in [5.41, 5.74) is 7.87. The van der Waals surface area contributed by atoms with Crippen molar-refractivity contribution in [3.8, 4) is 0 Å². The third-order valence-corrected chi connectivity index (χ3v) is 3.82. The molecule has 0 amide bonds. The maximum Gasteiger partial charge on any atom is 0.188 e. The van der Waals surface area contributed by atoms with Gasteiger partial charge < -0.3 is 11.1 Å². The van der Waals surface area contributed by atoms with Crippen LogP contribution in [0.25, 0.3) is 0 Å². The highest BCUT2D eigenvalue weighted by Crippen LogP contribution is 2.17. The maximum atomic E-state index is 13.3. The zero-order valence-electron chi connectivity index (χ0n) is 13.4. The molecule has 0 heterocycles. The summed E-state index contributed by atoms with van der Waals surface area (Å²) in [5, 5.41) is 3.12. The molecule has 0 unspecified atom stereocenters. The quantitative estimate of drug-likeness (QED) is 0.261. The molecule has 22 heavy (non-hydrogen) atoms. The van der Waals surface area contributed by atoms with Crippen molar-refractivity contribution in [3.05, 3.63) is 35.1 Å². The molecule has 0 aliphatic heterocycles. The molecule has 3 nitrogen and oxygen atoms in total. The van der Waals surface area contributed by atoms with Gasteiger partial charge >= 0.3 is 0 Å². The van der Waals surface area contributed by atoms with Crippen LogP contribution in [0.4, 0.5) is 4.39 Å². The van der Waals surface area contributed by atoms with Gasteiger partial charge in [-0.05, 0) is 35.9 Å². The third-order valence-electron chi connectivity index (χ3n) is 3.22. The largest absolute Gasteiger partial charge is 0.370 e. The van der Waals surface area contributed by atoms with Gasteiger partial charge in [0, 0.05) is 12.3 Å². The van der Waals surface area contributed by atoms with Crippen molar-refractivity contribution in [1.82, 2.24) is 5.32 Å². The zero-order valence-corrected chi connectivity index (χ0v) is 16.5. The Bertz CT molecular complexity index is 455. The van der Waals surface area contributed by atoms with Crippen LogP contribution in [0.15, 0.2) is 23.2 Å².